The lowest BCUT2D eigenvalue weighted by molar-refractivity contribution is 0.310. The van der Waals surface area contributed by atoms with Gasteiger partial charge in [0, 0.05) is 24.9 Å². The number of nitrogens with zero attached hydrogens (tertiary/aromatic N) is 6. The summed E-state index contributed by atoms with van der Waals surface area (Å²) in [6, 6.07) is 1.90. The zero-order valence-corrected chi connectivity index (χ0v) is 16.7. The minimum atomic E-state index is 0.197. The van der Waals surface area contributed by atoms with Crippen LogP contribution in [-0.2, 0) is 6.54 Å². The Kier molecular flexibility index (Phi) is 6.76. The molecule has 0 bridgehead atoms. The molecule has 0 amide bonds. The fraction of sp³-hybridized carbons (Fsp3) is 0.333. The largest absolute Gasteiger partial charge is 0.379 e. The van der Waals surface area contributed by atoms with Gasteiger partial charge in [-0.05, 0) is 42.5 Å². The molecule has 3 aromatic heterocycles. The van der Waals surface area contributed by atoms with Gasteiger partial charge < -0.3 is 15.2 Å². The van der Waals surface area contributed by atoms with Gasteiger partial charge in [-0.3, -0.25) is 4.98 Å². The lowest BCUT2D eigenvalue weighted by Crippen LogP contribution is -2.21. The fourth-order valence-corrected chi connectivity index (χ4v) is 2.99. The zero-order chi connectivity index (χ0) is 20.6. The highest BCUT2D eigenvalue weighted by Crippen LogP contribution is 2.26. The molecule has 29 heavy (non-hydrogen) atoms. The second-order valence-corrected chi connectivity index (χ2v) is 6.76. The van der Waals surface area contributed by atoms with Crippen LogP contribution in [0.4, 0.5) is 5.82 Å². The predicted molar refractivity (Wildman–Crippen MR) is 114 cm³/mol. The number of likely N-dealkylation sites (N-methyl/N-ethyl adjacent to an activating group) is 1. The van der Waals surface area contributed by atoms with Crippen molar-refractivity contribution in [1.82, 2.24) is 29.7 Å². The monoisotopic (exact) mass is 391 g/mol. The van der Waals surface area contributed by atoms with Crippen LogP contribution in [0.25, 0.3) is 22.6 Å². The van der Waals surface area contributed by atoms with Crippen LogP contribution in [0, 0.1) is 12.3 Å². The number of nitrogens with two attached hydrogens (primary N) is 1. The van der Waals surface area contributed by atoms with Crippen molar-refractivity contribution >= 4 is 16.9 Å². The molecule has 3 heterocycles. The van der Waals surface area contributed by atoms with E-state index in [1.807, 2.05) is 28.9 Å². The van der Waals surface area contributed by atoms with E-state index in [0.29, 0.717) is 18.1 Å². The minimum Gasteiger partial charge on any atom is -0.379 e. The van der Waals surface area contributed by atoms with Crippen LogP contribution in [0.3, 0.4) is 0 Å². The van der Waals surface area contributed by atoms with Gasteiger partial charge in [0.15, 0.2) is 17.3 Å². The number of hydrogen-bond donors (Lipinski definition) is 1. The summed E-state index contributed by atoms with van der Waals surface area (Å²) in [5.41, 5.74) is 8.88. The number of aromatic nitrogens is 5. The highest BCUT2D eigenvalue weighted by molar-refractivity contribution is 5.80. The van der Waals surface area contributed by atoms with Gasteiger partial charge in [-0.15, -0.1) is 6.42 Å². The average molecular weight is 391 g/mol. The first-order valence-corrected chi connectivity index (χ1v) is 9.53. The number of unbranched alkanes of at least 4 members (excludes halogenated alkanes) is 1. The topological polar surface area (TPSA) is 98.9 Å². The number of hydrogen-bond acceptors (Lipinski definition) is 7. The molecule has 3 rings (SSSR count). The summed E-state index contributed by atoms with van der Waals surface area (Å²) < 4.78 is 6.73. The van der Waals surface area contributed by atoms with Gasteiger partial charge in [-0.1, -0.05) is 31.4 Å². The highest BCUT2D eigenvalue weighted by Gasteiger charge is 2.18. The number of allylic oxidation sites excluding steroid dienone is 3. The van der Waals surface area contributed by atoms with Crippen LogP contribution in [0.5, 0.6) is 0 Å². The van der Waals surface area contributed by atoms with E-state index in [-0.39, 0.29) is 5.82 Å². The number of anilines is 1. The van der Waals surface area contributed by atoms with Gasteiger partial charge in [0.25, 0.3) is 0 Å². The van der Waals surface area contributed by atoms with Crippen molar-refractivity contribution in [3.05, 3.63) is 42.3 Å². The van der Waals surface area contributed by atoms with Crippen LogP contribution in [-0.4, -0.2) is 49.9 Å². The van der Waals surface area contributed by atoms with Crippen molar-refractivity contribution in [3.63, 3.8) is 0 Å². The molecule has 150 valence electrons. The van der Waals surface area contributed by atoms with Crippen LogP contribution < -0.4 is 5.73 Å². The highest BCUT2D eigenvalue weighted by atomic mass is 16.6. The molecule has 3 aromatic rings. The summed E-state index contributed by atoms with van der Waals surface area (Å²) in [5, 5.41) is 7.54. The van der Waals surface area contributed by atoms with Crippen LogP contribution in [0.2, 0.25) is 0 Å². The molecule has 2 N–H and O–H groups in total. The second-order valence-electron chi connectivity index (χ2n) is 6.76. The minimum absolute atomic E-state index is 0.197. The Labute approximate surface area is 170 Å². The number of terminal acetylenes is 1. The Morgan fingerprint density at radius 1 is 1.41 bits per heavy atom. The number of fused-ring (bicyclic) bond motifs is 1. The first kappa shape index (κ1) is 20.3. The van der Waals surface area contributed by atoms with E-state index < -0.39 is 0 Å². The van der Waals surface area contributed by atoms with Gasteiger partial charge in [-0.2, -0.15) is 0 Å². The summed E-state index contributed by atoms with van der Waals surface area (Å²) in [6.45, 7) is 4.53. The van der Waals surface area contributed by atoms with Crippen LogP contribution in [0.15, 0.2) is 46.9 Å². The summed E-state index contributed by atoms with van der Waals surface area (Å²) in [7, 11) is 2.08. The third-order valence-corrected chi connectivity index (χ3v) is 4.52. The number of pyridine rings is 1. The second kappa shape index (κ2) is 9.66. The molecule has 0 radical (unpaired) electrons. The molecule has 0 spiro atoms. The van der Waals surface area contributed by atoms with Gasteiger partial charge in [0.1, 0.15) is 5.52 Å². The van der Waals surface area contributed by atoms with Crippen molar-refractivity contribution in [3.8, 4) is 23.9 Å². The number of nitrogen functional groups attached to an aromatic ring is 1. The van der Waals surface area contributed by atoms with E-state index in [2.05, 4.69) is 45.1 Å². The molecule has 0 atom stereocenters. The maximum atomic E-state index is 5.87. The zero-order valence-electron chi connectivity index (χ0n) is 16.7. The molecule has 0 aliphatic rings. The van der Waals surface area contributed by atoms with Crippen molar-refractivity contribution in [2.75, 3.05) is 25.9 Å². The number of rotatable bonds is 9. The summed E-state index contributed by atoms with van der Waals surface area (Å²) in [5.74, 6) is 3.55. The van der Waals surface area contributed by atoms with Gasteiger partial charge in [-0.25, -0.2) is 9.61 Å². The quantitative estimate of drug-likeness (QED) is 0.442. The molecule has 0 aliphatic heterocycles. The molecular weight excluding hydrogens is 366 g/mol. The first-order chi connectivity index (χ1) is 14.1. The molecule has 0 aliphatic carbocycles. The third kappa shape index (κ3) is 4.89. The van der Waals surface area contributed by atoms with Gasteiger partial charge >= 0.3 is 0 Å². The molecule has 8 heteroatoms. The molecule has 0 saturated carbocycles. The van der Waals surface area contributed by atoms with Gasteiger partial charge in [0.2, 0.25) is 0 Å². The van der Waals surface area contributed by atoms with E-state index in [0.717, 1.165) is 36.1 Å². The van der Waals surface area contributed by atoms with E-state index in [1.54, 1.807) is 12.4 Å². The van der Waals surface area contributed by atoms with E-state index in [4.69, 9.17) is 16.8 Å². The standard InChI is InChI=1S/C21H25N7O/c1-4-6-12-27(3)15-16(5-2)9-7-8-13-28-18-10-11-23-14-17(18)24-21(28)19-20(22)26-29-25-19/h2,7-11,14H,4,6,12-13,15H2,1,3H3,(H2,22,26)/b8-7-,16-9+. The lowest BCUT2D eigenvalue weighted by atomic mass is 10.2. The van der Waals surface area contributed by atoms with Crippen LogP contribution in [0.1, 0.15) is 19.8 Å². The maximum absolute atomic E-state index is 5.87. The van der Waals surface area contributed by atoms with Crippen molar-refractivity contribution in [2.45, 2.75) is 26.3 Å². The summed E-state index contributed by atoms with van der Waals surface area (Å²) in [4.78, 5) is 10.9. The summed E-state index contributed by atoms with van der Waals surface area (Å²) >= 11 is 0. The average Bonchev–Trinajstić information content (AvgIpc) is 3.31. The third-order valence-electron chi connectivity index (χ3n) is 4.52. The van der Waals surface area contributed by atoms with Crippen molar-refractivity contribution < 1.29 is 4.63 Å². The SMILES string of the molecule is C#C/C(=C\C=C/Cn1c(-c2nonc2N)nc2cnccc21)CN(C)CCCC. The normalized spacial score (nSPS) is 12.3. The van der Waals surface area contributed by atoms with E-state index in [1.165, 1.54) is 6.42 Å². The fourth-order valence-electron chi connectivity index (χ4n) is 2.99. The molecule has 0 unspecified atom stereocenters. The first-order valence-electron chi connectivity index (χ1n) is 9.53. The molecule has 0 aromatic carbocycles. The van der Waals surface area contributed by atoms with E-state index in [9.17, 15) is 0 Å². The predicted octanol–water partition coefficient (Wildman–Crippen LogP) is 2.91. The maximum Gasteiger partial charge on any atom is 0.199 e. The number of imidazole rings is 1. The van der Waals surface area contributed by atoms with Gasteiger partial charge in [0.05, 0.1) is 11.7 Å². The Bertz CT molecular complexity index is 1050. The Morgan fingerprint density at radius 3 is 3.00 bits per heavy atom. The summed E-state index contributed by atoms with van der Waals surface area (Å²) in [6.07, 6.45) is 17.4. The molecule has 0 saturated heterocycles. The molecule has 0 fully saturated rings. The molecular formula is C21H25N7O. The van der Waals surface area contributed by atoms with Crippen molar-refractivity contribution in [2.24, 2.45) is 0 Å². The van der Waals surface area contributed by atoms with Crippen molar-refractivity contribution in [1.29, 1.82) is 0 Å². The van der Waals surface area contributed by atoms with Crippen LogP contribution >= 0.6 is 0 Å². The van der Waals surface area contributed by atoms with E-state index >= 15 is 0 Å². The smallest absolute Gasteiger partial charge is 0.199 e. The lowest BCUT2D eigenvalue weighted by Gasteiger charge is -2.15. The Hall–Kier alpha value is -3.44. The Balaban J connectivity index is 1.79. The Morgan fingerprint density at radius 2 is 2.28 bits per heavy atom. The molecule has 8 nitrogen and oxygen atoms in total.